The molecule has 0 aliphatic heterocycles. The van der Waals surface area contributed by atoms with Gasteiger partial charge in [0.15, 0.2) is 0 Å². The van der Waals surface area contributed by atoms with E-state index >= 15 is 0 Å². The third-order valence-corrected chi connectivity index (χ3v) is 6.71. The number of nitrogen functional groups attached to an aromatic ring is 1. The fourth-order valence-corrected chi connectivity index (χ4v) is 5.25. The summed E-state index contributed by atoms with van der Waals surface area (Å²) < 4.78 is 2.44. The summed E-state index contributed by atoms with van der Waals surface area (Å²) in [5.74, 6) is 0. The monoisotopic (exact) mass is 400 g/mol. The fourth-order valence-electron chi connectivity index (χ4n) is 5.25. The number of fused-ring (bicyclic) bond motifs is 5. The van der Waals surface area contributed by atoms with Gasteiger partial charge in [-0.1, -0.05) is 74.5 Å². The predicted octanol–water partition coefficient (Wildman–Crippen LogP) is 7.19. The number of rotatable bonds is 2. The van der Waals surface area contributed by atoms with E-state index in [1.165, 1.54) is 50.1 Å². The van der Waals surface area contributed by atoms with E-state index in [0.29, 0.717) is 0 Å². The van der Waals surface area contributed by atoms with Gasteiger partial charge in [-0.2, -0.15) is 0 Å². The molecule has 0 bridgehead atoms. The van der Waals surface area contributed by atoms with Crippen LogP contribution in [0.1, 0.15) is 25.0 Å². The Morgan fingerprint density at radius 2 is 1.39 bits per heavy atom. The third-order valence-electron chi connectivity index (χ3n) is 6.71. The van der Waals surface area contributed by atoms with Crippen LogP contribution in [0.5, 0.6) is 0 Å². The Morgan fingerprint density at radius 1 is 0.710 bits per heavy atom. The van der Waals surface area contributed by atoms with E-state index in [-0.39, 0.29) is 5.41 Å². The average molecular weight is 401 g/mol. The van der Waals surface area contributed by atoms with E-state index in [2.05, 4.69) is 103 Å². The van der Waals surface area contributed by atoms with Crippen molar-refractivity contribution in [1.82, 2.24) is 4.57 Å². The highest BCUT2D eigenvalue weighted by Gasteiger charge is 2.40. The number of aromatic nitrogens is 1. The summed E-state index contributed by atoms with van der Waals surface area (Å²) in [7, 11) is 0. The molecule has 150 valence electrons. The lowest BCUT2D eigenvalue weighted by Gasteiger charge is -2.21. The molecule has 31 heavy (non-hydrogen) atoms. The maximum Gasteiger partial charge on any atom is 0.0585 e. The lowest BCUT2D eigenvalue weighted by molar-refractivity contribution is 0.666. The first kappa shape index (κ1) is 18.0. The quantitative estimate of drug-likeness (QED) is 0.312. The molecular weight excluding hydrogens is 376 g/mol. The van der Waals surface area contributed by atoms with Crippen LogP contribution in [0.25, 0.3) is 39.0 Å². The Balaban J connectivity index is 1.70. The lowest BCUT2D eigenvalue weighted by atomic mass is 9.81. The molecule has 1 aromatic heterocycles. The van der Waals surface area contributed by atoms with Crippen molar-refractivity contribution < 1.29 is 0 Å². The molecule has 4 aromatic carbocycles. The first-order chi connectivity index (χ1) is 15.1. The van der Waals surface area contributed by atoms with Crippen LogP contribution in [0.2, 0.25) is 0 Å². The van der Waals surface area contributed by atoms with Crippen molar-refractivity contribution in [3.8, 4) is 28.1 Å². The van der Waals surface area contributed by atoms with Crippen LogP contribution < -0.4 is 5.73 Å². The summed E-state index contributed by atoms with van der Waals surface area (Å²) in [6, 6.07) is 34.5. The van der Waals surface area contributed by atoms with Gasteiger partial charge in [0.25, 0.3) is 0 Å². The summed E-state index contributed by atoms with van der Waals surface area (Å²) in [4.78, 5) is 0. The Kier molecular flexibility index (Phi) is 3.70. The molecule has 0 unspecified atom stereocenters. The molecule has 6 rings (SSSR count). The largest absolute Gasteiger partial charge is 0.399 e. The molecular formula is C29H24N2. The van der Waals surface area contributed by atoms with Crippen LogP contribution in [-0.4, -0.2) is 4.57 Å². The van der Waals surface area contributed by atoms with Crippen molar-refractivity contribution in [2.75, 3.05) is 5.73 Å². The van der Waals surface area contributed by atoms with Gasteiger partial charge in [-0.3, -0.25) is 0 Å². The van der Waals surface area contributed by atoms with E-state index < -0.39 is 0 Å². The minimum Gasteiger partial charge on any atom is -0.399 e. The number of nitrogens with zero attached hydrogens (tertiary/aromatic N) is 1. The maximum absolute atomic E-state index is 5.92. The zero-order valence-corrected chi connectivity index (χ0v) is 17.8. The molecule has 0 saturated carbocycles. The molecule has 0 radical (unpaired) electrons. The lowest BCUT2D eigenvalue weighted by Crippen LogP contribution is -2.14. The predicted molar refractivity (Wildman–Crippen MR) is 131 cm³/mol. The third kappa shape index (κ3) is 2.51. The van der Waals surface area contributed by atoms with Crippen LogP contribution in [0.4, 0.5) is 5.69 Å². The summed E-state index contributed by atoms with van der Waals surface area (Å²) in [6.45, 7) is 4.70. The normalized spacial score (nSPS) is 13.9. The van der Waals surface area contributed by atoms with Gasteiger partial charge in [-0.05, 0) is 58.7 Å². The molecule has 5 aromatic rings. The van der Waals surface area contributed by atoms with Crippen LogP contribution in [-0.2, 0) is 5.41 Å². The molecule has 0 atom stereocenters. The fraction of sp³-hybridized carbons (Fsp3) is 0.103. The van der Waals surface area contributed by atoms with Crippen molar-refractivity contribution in [2.24, 2.45) is 0 Å². The van der Waals surface area contributed by atoms with Gasteiger partial charge >= 0.3 is 0 Å². The average Bonchev–Trinajstić information content (AvgIpc) is 3.26. The van der Waals surface area contributed by atoms with Gasteiger partial charge in [0.1, 0.15) is 0 Å². The van der Waals surface area contributed by atoms with Crippen molar-refractivity contribution in [3.63, 3.8) is 0 Å². The SMILES string of the molecule is CC1(C)c2ccc(-c3ccc(N)cc3)cc2-c2c1c1ccccc1n2-c1ccccc1. The molecule has 2 nitrogen and oxygen atoms in total. The minimum absolute atomic E-state index is 0.0655. The first-order valence-corrected chi connectivity index (χ1v) is 10.8. The Morgan fingerprint density at radius 3 is 2.16 bits per heavy atom. The van der Waals surface area contributed by atoms with Gasteiger partial charge in [0.05, 0.1) is 11.2 Å². The molecule has 0 fully saturated rings. The summed E-state index contributed by atoms with van der Waals surface area (Å²) in [6.07, 6.45) is 0. The van der Waals surface area contributed by atoms with Crippen molar-refractivity contribution in [3.05, 3.63) is 108 Å². The molecule has 2 heteroatoms. The Bertz CT molecular complexity index is 1440. The van der Waals surface area contributed by atoms with E-state index in [0.717, 1.165) is 5.69 Å². The number of benzene rings is 4. The first-order valence-electron chi connectivity index (χ1n) is 10.8. The van der Waals surface area contributed by atoms with Crippen molar-refractivity contribution in [2.45, 2.75) is 19.3 Å². The molecule has 1 aliphatic rings. The number of hydrogen-bond donors (Lipinski definition) is 1. The van der Waals surface area contributed by atoms with E-state index in [9.17, 15) is 0 Å². The summed E-state index contributed by atoms with van der Waals surface area (Å²) in [5, 5.41) is 1.33. The second-order valence-corrected chi connectivity index (χ2v) is 8.92. The highest BCUT2D eigenvalue weighted by molar-refractivity contribution is 6.00. The summed E-state index contributed by atoms with van der Waals surface area (Å²) >= 11 is 0. The number of hydrogen-bond acceptors (Lipinski definition) is 1. The molecule has 1 aliphatic carbocycles. The Labute approximate surface area is 182 Å². The Hall–Kier alpha value is -3.78. The highest BCUT2D eigenvalue weighted by atomic mass is 15.0. The smallest absolute Gasteiger partial charge is 0.0585 e. The molecule has 0 spiro atoms. The van der Waals surface area contributed by atoms with E-state index in [1.54, 1.807) is 0 Å². The van der Waals surface area contributed by atoms with Crippen LogP contribution in [0, 0.1) is 0 Å². The molecule has 1 heterocycles. The van der Waals surface area contributed by atoms with Crippen molar-refractivity contribution >= 4 is 16.6 Å². The van der Waals surface area contributed by atoms with E-state index in [1.807, 2.05) is 12.1 Å². The second kappa shape index (κ2) is 6.36. The number of anilines is 1. The molecule has 2 N–H and O–H groups in total. The van der Waals surface area contributed by atoms with E-state index in [4.69, 9.17) is 5.73 Å². The van der Waals surface area contributed by atoms with Gasteiger partial charge in [0, 0.05) is 27.7 Å². The molecule has 0 saturated heterocycles. The van der Waals surface area contributed by atoms with Crippen LogP contribution in [0.15, 0.2) is 97.1 Å². The zero-order valence-electron chi connectivity index (χ0n) is 17.8. The molecule has 0 amide bonds. The van der Waals surface area contributed by atoms with Crippen LogP contribution >= 0.6 is 0 Å². The van der Waals surface area contributed by atoms with Gasteiger partial charge in [-0.25, -0.2) is 0 Å². The van der Waals surface area contributed by atoms with Gasteiger partial charge in [-0.15, -0.1) is 0 Å². The number of nitrogens with two attached hydrogens (primary N) is 1. The summed E-state index contributed by atoms with van der Waals surface area (Å²) in [5.41, 5.74) is 16.9. The van der Waals surface area contributed by atoms with Gasteiger partial charge in [0.2, 0.25) is 0 Å². The topological polar surface area (TPSA) is 30.9 Å². The standard InChI is InChI=1S/C29H24N2/c1-29(2)25-17-14-20(19-12-15-21(30)16-13-19)18-24(25)28-27(29)23-10-6-7-11-26(23)31(28)22-8-4-3-5-9-22/h3-18H,30H2,1-2H3. The zero-order chi connectivity index (χ0) is 21.2. The van der Waals surface area contributed by atoms with Gasteiger partial charge < -0.3 is 10.3 Å². The maximum atomic E-state index is 5.92. The van der Waals surface area contributed by atoms with Crippen LogP contribution in [0.3, 0.4) is 0 Å². The number of para-hydroxylation sites is 2. The minimum atomic E-state index is -0.0655. The highest BCUT2D eigenvalue weighted by Crippen LogP contribution is 2.54. The van der Waals surface area contributed by atoms with Crippen molar-refractivity contribution in [1.29, 1.82) is 0 Å². The second-order valence-electron chi connectivity index (χ2n) is 8.92.